The van der Waals surface area contributed by atoms with Crippen LogP contribution < -0.4 is 5.32 Å². The summed E-state index contributed by atoms with van der Waals surface area (Å²) >= 11 is 0. The number of ether oxygens (including phenoxy) is 2. The van der Waals surface area contributed by atoms with E-state index in [1.807, 2.05) is 22.8 Å². The quantitative estimate of drug-likeness (QED) is 0.720. The van der Waals surface area contributed by atoms with Gasteiger partial charge < -0.3 is 19.4 Å². The van der Waals surface area contributed by atoms with Gasteiger partial charge in [-0.2, -0.15) is 0 Å². The lowest BCUT2D eigenvalue weighted by molar-refractivity contribution is -0.0855. The molecule has 7 heteroatoms. The normalized spacial score (nSPS) is 17.1. The van der Waals surface area contributed by atoms with Gasteiger partial charge in [0.1, 0.15) is 5.52 Å². The van der Waals surface area contributed by atoms with E-state index in [0.717, 1.165) is 18.6 Å². The van der Waals surface area contributed by atoms with Crippen LogP contribution in [-0.2, 0) is 22.4 Å². The van der Waals surface area contributed by atoms with Crippen LogP contribution in [0.2, 0.25) is 0 Å². The second-order valence-corrected chi connectivity index (χ2v) is 6.52. The number of carbonyl (C=O) groups is 1. The standard InChI is InChI=1S/C20H22N4O3/c25-20(22-12-17-13-26-8-9-27-17)16-10-18-19(21-11-16)24(14-23-18)7-6-15-4-2-1-3-5-15/h1-5,10-11,14,17H,6-9,12-13H2,(H,22,25). The Bertz CT molecular complexity index is 904. The van der Waals surface area contributed by atoms with Crippen LogP contribution in [0.25, 0.3) is 11.2 Å². The summed E-state index contributed by atoms with van der Waals surface area (Å²) in [6.45, 7) is 2.89. The minimum absolute atomic E-state index is 0.100. The number of aromatic nitrogens is 3. The third-order valence-electron chi connectivity index (χ3n) is 4.58. The van der Waals surface area contributed by atoms with Crippen molar-refractivity contribution in [3.05, 3.63) is 60.0 Å². The van der Waals surface area contributed by atoms with E-state index in [4.69, 9.17) is 9.47 Å². The van der Waals surface area contributed by atoms with Gasteiger partial charge in [-0.1, -0.05) is 30.3 Å². The highest BCUT2D eigenvalue weighted by Crippen LogP contribution is 2.13. The molecule has 140 valence electrons. The summed E-state index contributed by atoms with van der Waals surface area (Å²) in [7, 11) is 0. The first-order valence-electron chi connectivity index (χ1n) is 9.12. The van der Waals surface area contributed by atoms with E-state index in [1.165, 1.54) is 5.56 Å². The number of imidazole rings is 1. The molecule has 0 bridgehead atoms. The molecule has 3 aromatic rings. The number of rotatable bonds is 6. The number of aryl methyl sites for hydroxylation is 2. The van der Waals surface area contributed by atoms with Gasteiger partial charge in [0, 0.05) is 19.3 Å². The third-order valence-corrected chi connectivity index (χ3v) is 4.58. The number of carbonyl (C=O) groups excluding carboxylic acids is 1. The zero-order valence-electron chi connectivity index (χ0n) is 15.0. The summed E-state index contributed by atoms with van der Waals surface area (Å²) in [5.41, 5.74) is 3.26. The lowest BCUT2D eigenvalue weighted by atomic mass is 10.1. The van der Waals surface area contributed by atoms with E-state index in [2.05, 4.69) is 27.4 Å². The van der Waals surface area contributed by atoms with Crippen LogP contribution >= 0.6 is 0 Å². The summed E-state index contributed by atoms with van der Waals surface area (Å²) in [5, 5.41) is 2.87. The topological polar surface area (TPSA) is 78.3 Å². The first-order chi connectivity index (χ1) is 13.3. The van der Waals surface area contributed by atoms with Crippen LogP contribution in [0.3, 0.4) is 0 Å². The molecule has 0 aliphatic carbocycles. The third kappa shape index (κ3) is 4.32. The molecule has 2 aromatic heterocycles. The Balaban J connectivity index is 1.39. The maximum absolute atomic E-state index is 12.4. The first-order valence-corrected chi connectivity index (χ1v) is 9.12. The molecule has 1 unspecified atom stereocenters. The van der Waals surface area contributed by atoms with Crippen molar-refractivity contribution in [2.75, 3.05) is 26.4 Å². The Hall–Kier alpha value is -2.77. The van der Waals surface area contributed by atoms with Crippen LogP contribution in [0.5, 0.6) is 0 Å². The number of hydrogen-bond donors (Lipinski definition) is 1. The molecule has 1 fully saturated rings. The predicted octanol–water partition coefficient (Wildman–Crippen LogP) is 1.82. The molecule has 1 saturated heterocycles. The van der Waals surface area contributed by atoms with Crippen molar-refractivity contribution in [3.8, 4) is 0 Å². The average molecular weight is 366 g/mol. The summed E-state index contributed by atoms with van der Waals surface area (Å²) < 4.78 is 12.9. The highest BCUT2D eigenvalue weighted by atomic mass is 16.6. The minimum Gasteiger partial charge on any atom is -0.376 e. The zero-order chi connectivity index (χ0) is 18.5. The Labute approximate surface area is 157 Å². The van der Waals surface area contributed by atoms with Gasteiger partial charge in [0.05, 0.1) is 37.8 Å². The highest BCUT2D eigenvalue weighted by Gasteiger charge is 2.16. The number of hydrogen-bond acceptors (Lipinski definition) is 5. The summed E-state index contributed by atoms with van der Waals surface area (Å²) in [5.74, 6) is -0.183. The van der Waals surface area contributed by atoms with Crippen molar-refractivity contribution in [1.82, 2.24) is 19.9 Å². The number of nitrogens with zero attached hydrogens (tertiary/aromatic N) is 3. The van der Waals surface area contributed by atoms with Crippen LogP contribution in [0.15, 0.2) is 48.9 Å². The molecule has 1 atom stereocenters. The molecular formula is C20H22N4O3. The SMILES string of the molecule is O=C(NCC1COCCO1)c1cnc2c(c1)ncn2CCc1ccccc1. The van der Waals surface area contributed by atoms with Gasteiger partial charge >= 0.3 is 0 Å². The fraction of sp³-hybridized carbons (Fsp3) is 0.350. The molecule has 3 heterocycles. The minimum atomic E-state index is -0.183. The average Bonchev–Trinajstić information content (AvgIpc) is 3.14. The van der Waals surface area contributed by atoms with E-state index in [1.54, 1.807) is 18.6 Å². The predicted molar refractivity (Wildman–Crippen MR) is 101 cm³/mol. The number of nitrogens with one attached hydrogen (secondary N) is 1. The molecule has 7 nitrogen and oxygen atoms in total. The van der Waals surface area contributed by atoms with Gasteiger partial charge in [0.2, 0.25) is 0 Å². The van der Waals surface area contributed by atoms with Crippen LogP contribution in [0.1, 0.15) is 15.9 Å². The number of fused-ring (bicyclic) bond motifs is 1. The van der Waals surface area contributed by atoms with Crippen LogP contribution in [0, 0.1) is 0 Å². The molecule has 1 aromatic carbocycles. The maximum Gasteiger partial charge on any atom is 0.253 e. The highest BCUT2D eigenvalue weighted by molar-refractivity contribution is 5.96. The molecule has 27 heavy (non-hydrogen) atoms. The van der Waals surface area contributed by atoms with Gasteiger partial charge in [-0.05, 0) is 18.1 Å². The lowest BCUT2D eigenvalue weighted by Crippen LogP contribution is -2.39. The van der Waals surface area contributed by atoms with E-state index < -0.39 is 0 Å². The molecule has 0 spiro atoms. The van der Waals surface area contributed by atoms with Crippen LogP contribution in [-0.4, -0.2) is 52.9 Å². The summed E-state index contributed by atoms with van der Waals surface area (Å²) in [4.78, 5) is 21.2. The van der Waals surface area contributed by atoms with E-state index in [-0.39, 0.29) is 12.0 Å². The van der Waals surface area contributed by atoms with Gasteiger partial charge in [-0.3, -0.25) is 4.79 Å². The van der Waals surface area contributed by atoms with Gasteiger partial charge in [0.25, 0.3) is 5.91 Å². The van der Waals surface area contributed by atoms with E-state index >= 15 is 0 Å². The van der Waals surface area contributed by atoms with Crippen LogP contribution in [0.4, 0.5) is 0 Å². The number of pyridine rings is 1. The molecule has 0 radical (unpaired) electrons. The lowest BCUT2D eigenvalue weighted by Gasteiger charge is -2.23. The number of amides is 1. The molecular weight excluding hydrogens is 344 g/mol. The van der Waals surface area contributed by atoms with Gasteiger partial charge in [-0.25, -0.2) is 9.97 Å². The molecule has 0 saturated carbocycles. The van der Waals surface area contributed by atoms with Crippen molar-refractivity contribution in [2.45, 2.75) is 19.1 Å². The molecule has 1 N–H and O–H groups in total. The van der Waals surface area contributed by atoms with E-state index in [9.17, 15) is 4.79 Å². The van der Waals surface area contributed by atoms with Crippen molar-refractivity contribution < 1.29 is 14.3 Å². The van der Waals surface area contributed by atoms with E-state index in [0.29, 0.717) is 37.4 Å². The maximum atomic E-state index is 12.4. The monoisotopic (exact) mass is 366 g/mol. The fourth-order valence-electron chi connectivity index (χ4n) is 3.09. The van der Waals surface area contributed by atoms with Crippen molar-refractivity contribution >= 4 is 17.1 Å². The van der Waals surface area contributed by atoms with Gasteiger partial charge in [-0.15, -0.1) is 0 Å². The Morgan fingerprint density at radius 3 is 2.93 bits per heavy atom. The molecule has 1 aliphatic rings. The summed E-state index contributed by atoms with van der Waals surface area (Å²) in [6.07, 6.45) is 4.17. The Kier molecular flexibility index (Phi) is 5.41. The Morgan fingerprint density at radius 1 is 1.22 bits per heavy atom. The second-order valence-electron chi connectivity index (χ2n) is 6.52. The number of benzene rings is 1. The molecule has 1 amide bonds. The van der Waals surface area contributed by atoms with Crippen molar-refractivity contribution in [3.63, 3.8) is 0 Å². The zero-order valence-corrected chi connectivity index (χ0v) is 15.0. The largest absolute Gasteiger partial charge is 0.376 e. The first kappa shape index (κ1) is 17.6. The summed E-state index contributed by atoms with van der Waals surface area (Å²) in [6, 6.07) is 12.1. The van der Waals surface area contributed by atoms with Crippen molar-refractivity contribution in [2.24, 2.45) is 0 Å². The van der Waals surface area contributed by atoms with Crippen molar-refractivity contribution in [1.29, 1.82) is 0 Å². The van der Waals surface area contributed by atoms with Gasteiger partial charge in [0.15, 0.2) is 5.65 Å². The fourth-order valence-corrected chi connectivity index (χ4v) is 3.09. The Morgan fingerprint density at radius 2 is 2.11 bits per heavy atom. The smallest absolute Gasteiger partial charge is 0.253 e. The molecule has 4 rings (SSSR count). The molecule has 1 aliphatic heterocycles. The second kappa shape index (κ2) is 8.28.